The zero-order chi connectivity index (χ0) is 35.4. The largest absolute Gasteiger partial charge is 0.435 e. The first kappa shape index (κ1) is 33.4. The number of alkyl halides is 12. The molecule has 0 bridgehead atoms. The fourth-order valence-corrected chi connectivity index (χ4v) is 4.50. The smallest absolute Gasteiger partial charge is 0.241 e. The standard InChI is InChI=1S/C28H8F12N8/c29-25(30,31)13-5-1-11(2-6-13)15-23(27(35,36)37)47-21-18(44-10-42)22-20(17(43-9-41)19(21)45-15)46-16(24(48-22)28(38,39)40)12-3-7-14(8-4-12)26(32,33)34/h1-8H. The highest BCUT2D eigenvalue weighted by Gasteiger charge is 2.44. The lowest BCUT2D eigenvalue weighted by Crippen LogP contribution is -2.31. The molecule has 5 rings (SSSR count). The van der Waals surface area contributed by atoms with Gasteiger partial charge in [0.15, 0.2) is 11.4 Å². The van der Waals surface area contributed by atoms with E-state index >= 15 is 0 Å². The fraction of sp³-hybridized carbons (Fsp3) is 0.143. The van der Waals surface area contributed by atoms with Gasteiger partial charge in [-0.15, -0.1) is 0 Å². The van der Waals surface area contributed by atoms with Gasteiger partial charge < -0.3 is 0 Å². The van der Waals surface area contributed by atoms with Crippen molar-refractivity contribution >= 4 is 11.4 Å². The summed E-state index contributed by atoms with van der Waals surface area (Å²) in [5, 5.41) is 18.7. The summed E-state index contributed by atoms with van der Waals surface area (Å²) in [5.41, 5.74) is -15.1. The van der Waals surface area contributed by atoms with Gasteiger partial charge in [-0.25, -0.2) is 19.9 Å². The molecule has 0 N–H and O–H groups in total. The molecule has 0 aliphatic heterocycles. The van der Waals surface area contributed by atoms with Crippen LogP contribution in [0.2, 0.25) is 0 Å². The Morgan fingerprint density at radius 3 is 0.958 bits per heavy atom. The Hall–Kier alpha value is -5.92. The molecule has 0 saturated heterocycles. The van der Waals surface area contributed by atoms with Crippen LogP contribution in [-0.4, -0.2) is 31.4 Å². The first-order chi connectivity index (χ1) is 22.3. The zero-order valence-corrected chi connectivity index (χ0v) is 22.7. The first-order valence-electron chi connectivity index (χ1n) is 12.5. The maximum absolute atomic E-state index is 14.3. The van der Waals surface area contributed by atoms with Crippen LogP contribution in [0.25, 0.3) is 22.5 Å². The van der Waals surface area contributed by atoms with Gasteiger partial charge in [-0.05, 0) is 24.3 Å². The second-order valence-electron chi connectivity index (χ2n) is 9.50. The molecular formula is C28H8F12N8. The molecule has 0 amide bonds. The van der Waals surface area contributed by atoms with Crippen LogP contribution in [0.15, 0.2) is 58.5 Å². The molecule has 1 aliphatic rings. The van der Waals surface area contributed by atoms with E-state index in [1.807, 2.05) is 0 Å². The number of nitriles is 2. The van der Waals surface area contributed by atoms with E-state index in [1.165, 1.54) is 12.4 Å². The molecule has 48 heavy (non-hydrogen) atoms. The lowest BCUT2D eigenvalue weighted by atomic mass is 9.93. The highest BCUT2D eigenvalue weighted by atomic mass is 19.4. The van der Waals surface area contributed by atoms with E-state index in [0.29, 0.717) is 48.5 Å². The Balaban J connectivity index is 1.84. The highest BCUT2D eigenvalue weighted by molar-refractivity contribution is 6.29. The number of rotatable bonds is 2. The second kappa shape index (κ2) is 11.4. The van der Waals surface area contributed by atoms with Crippen molar-refractivity contribution in [3.8, 4) is 34.9 Å². The summed E-state index contributed by atoms with van der Waals surface area (Å²) >= 11 is 0. The number of halogens is 12. The van der Waals surface area contributed by atoms with Gasteiger partial charge in [-0.1, -0.05) is 24.3 Å². The maximum Gasteiger partial charge on any atom is 0.435 e. The number of hydrogen-bond donors (Lipinski definition) is 0. The van der Waals surface area contributed by atoms with Crippen molar-refractivity contribution in [2.24, 2.45) is 9.98 Å². The van der Waals surface area contributed by atoms with Crippen molar-refractivity contribution in [3.63, 3.8) is 0 Å². The van der Waals surface area contributed by atoms with Gasteiger partial charge in [0.25, 0.3) is 0 Å². The number of benzene rings is 2. The van der Waals surface area contributed by atoms with Crippen LogP contribution in [0.3, 0.4) is 0 Å². The van der Waals surface area contributed by atoms with Gasteiger partial charge in [-0.3, -0.25) is 0 Å². The van der Waals surface area contributed by atoms with E-state index in [2.05, 4.69) is 29.9 Å². The number of nitrogens with zero attached hydrogens (tertiary/aromatic N) is 8. The highest BCUT2D eigenvalue weighted by Crippen LogP contribution is 2.41. The van der Waals surface area contributed by atoms with Crippen LogP contribution in [0.1, 0.15) is 45.3 Å². The van der Waals surface area contributed by atoms with E-state index in [0.717, 1.165) is 0 Å². The molecule has 0 radical (unpaired) electrons. The van der Waals surface area contributed by atoms with Crippen LogP contribution in [0, 0.1) is 22.9 Å². The van der Waals surface area contributed by atoms with Gasteiger partial charge in [0.2, 0.25) is 12.4 Å². The molecule has 0 spiro atoms. The van der Waals surface area contributed by atoms with E-state index < -0.39 is 104 Å². The van der Waals surface area contributed by atoms with E-state index in [-0.39, 0.29) is 0 Å². The van der Waals surface area contributed by atoms with Gasteiger partial charge in [0.1, 0.15) is 45.6 Å². The third-order valence-electron chi connectivity index (χ3n) is 6.52. The summed E-state index contributed by atoms with van der Waals surface area (Å²) in [4.78, 5) is 21.2. The van der Waals surface area contributed by atoms with Crippen molar-refractivity contribution < 1.29 is 52.7 Å². The summed E-state index contributed by atoms with van der Waals surface area (Å²) in [6.45, 7) is 0. The van der Waals surface area contributed by atoms with Gasteiger partial charge in [0, 0.05) is 11.1 Å². The topological polar surface area (TPSA) is 124 Å². The molecular weight excluding hydrogens is 676 g/mol. The quantitative estimate of drug-likeness (QED) is 0.139. The Kier molecular flexibility index (Phi) is 7.94. The molecule has 0 fully saturated rings. The SMILES string of the molecule is N#CN=C1c2nc(-c3ccc(C(F)(F)F)cc3)c(C(F)(F)F)nc2C(=NC#N)c2nc(C(F)(F)F)c(-c3ccc(C(F)(F)F)cc3)nc21. The number of fused-ring (bicyclic) bond motifs is 2. The average molecular weight is 684 g/mol. The van der Waals surface area contributed by atoms with Gasteiger partial charge in [-0.2, -0.15) is 73.2 Å². The second-order valence-corrected chi connectivity index (χ2v) is 9.50. The molecule has 20 heteroatoms. The Bertz CT molecular complexity index is 1950. The molecule has 4 aromatic rings. The van der Waals surface area contributed by atoms with Crippen molar-refractivity contribution in [1.82, 2.24) is 19.9 Å². The summed E-state index contributed by atoms with van der Waals surface area (Å²) in [6.07, 6.45) is -18.1. The number of aliphatic imine (C=N–C) groups is 2. The molecule has 0 unspecified atom stereocenters. The third-order valence-corrected chi connectivity index (χ3v) is 6.52. The van der Waals surface area contributed by atoms with Crippen LogP contribution in [-0.2, 0) is 24.7 Å². The Labute approximate surface area is 258 Å². The fourth-order valence-electron chi connectivity index (χ4n) is 4.50. The third kappa shape index (κ3) is 6.11. The molecule has 244 valence electrons. The monoisotopic (exact) mass is 684 g/mol. The van der Waals surface area contributed by atoms with Gasteiger partial charge in [0.05, 0.1) is 11.1 Å². The summed E-state index contributed by atoms with van der Waals surface area (Å²) in [5.74, 6) is 0. The molecule has 0 saturated carbocycles. The van der Waals surface area contributed by atoms with Crippen molar-refractivity contribution in [1.29, 1.82) is 10.5 Å². The van der Waals surface area contributed by atoms with Crippen molar-refractivity contribution in [2.75, 3.05) is 0 Å². The lowest BCUT2D eigenvalue weighted by Gasteiger charge is -2.24. The molecule has 2 aromatic carbocycles. The lowest BCUT2D eigenvalue weighted by molar-refractivity contribution is -0.141. The number of aromatic nitrogens is 4. The predicted molar refractivity (Wildman–Crippen MR) is 137 cm³/mol. The molecule has 2 aromatic heterocycles. The minimum atomic E-state index is -5.40. The van der Waals surface area contributed by atoms with Crippen LogP contribution >= 0.6 is 0 Å². The van der Waals surface area contributed by atoms with E-state index in [4.69, 9.17) is 0 Å². The van der Waals surface area contributed by atoms with Crippen molar-refractivity contribution in [3.05, 3.63) is 93.8 Å². The van der Waals surface area contributed by atoms with E-state index in [9.17, 15) is 63.2 Å². The minimum absolute atomic E-state index is 0.444. The maximum atomic E-state index is 14.3. The molecule has 8 nitrogen and oxygen atoms in total. The van der Waals surface area contributed by atoms with Crippen molar-refractivity contribution in [2.45, 2.75) is 24.7 Å². The summed E-state index contributed by atoms with van der Waals surface area (Å²) in [6, 6.07) is 4.31. The van der Waals surface area contributed by atoms with Gasteiger partial charge >= 0.3 is 24.7 Å². The summed E-state index contributed by atoms with van der Waals surface area (Å²) in [7, 11) is 0. The Morgan fingerprint density at radius 1 is 0.417 bits per heavy atom. The summed E-state index contributed by atoms with van der Waals surface area (Å²) < 4.78 is 164. The Morgan fingerprint density at radius 2 is 0.708 bits per heavy atom. The normalized spacial score (nSPS) is 13.3. The van der Waals surface area contributed by atoms with Crippen LogP contribution in [0.5, 0.6) is 0 Å². The van der Waals surface area contributed by atoms with E-state index in [1.54, 1.807) is 0 Å². The minimum Gasteiger partial charge on any atom is -0.241 e. The predicted octanol–water partition coefficient (Wildman–Crippen LogP) is 7.63. The molecule has 2 heterocycles. The average Bonchev–Trinajstić information content (AvgIpc) is 3.00. The molecule has 1 aliphatic carbocycles. The molecule has 0 atom stereocenters. The first-order valence-corrected chi connectivity index (χ1v) is 12.5. The van der Waals surface area contributed by atoms with Crippen LogP contribution in [0.4, 0.5) is 52.7 Å². The zero-order valence-electron chi connectivity index (χ0n) is 22.7. The number of hydrogen-bond acceptors (Lipinski definition) is 8. The van der Waals surface area contributed by atoms with Crippen LogP contribution < -0.4 is 0 Å².